The van der Waals surface area contributed by atoms with Gasteiger partial charge < -0.3 is 15.0 Å². The largest absolute Gasteiger partial charge is 0.488 e. The fourth-order valence-corrected chi connectivity index (χ4v) is 2.95. The molecule has 0 aromatic heterocycles. The van der Waals surface area contributed by atoms with Gasteiger partial charge in [0, 0.05) is 54.7 Å². The summed E-state index contributed by atoms with van der Waals surface area (Å²) in [6.45, 7) is 9.71. The first kappa shape index (κ1) is 16.5. The Hall–Kier alpha value is -0.910. The number of nitrogens with zero attached hydrogens (tertiary/aromatic N) is 1. The van der Waals surface area contributed by atoms with Gasteiger partial charge in [-0.3, -0.25) is 4.21 Å². The number of ether oxygens (including phenoxy) is 1. The lowest BCUT2D eigenvalue weighted by molar-refractivity contribution is 0.0808. The van der Waals surface area contributed by atoms with Gasteiger partial charge in [-0.1, -0.05) is 0 Å². The first-order chi connectivity index (χ1) is 9.96. The van der Waals surface area contributed by atoms with E-state index in [2.05, 4.69) is 24.1 Å². The summed E-state index contributed by atoms with van der Waals surface area (Å²) in [6, 6.07) is 7.56. The molecule has 5 heteroatoms. The summed E-state index contributed by atoms with van der Waals surface area (Å²) in [5.41, 5.74) is -0.197. The maximum atomic E-state index is 11.4. The molecular weight excluding hydrogens is 284 g/mol. The van der Waals surface area contributed by atoms with Crippen molar-refractivity contribution >= 4 is 10.8 Å². The van der Waals surface area contributed by atoms with Gasteiger partial charge in [0.15, 0.2) is 0 Å². The molecule has 1 aromatic carbocycles. The summed E-state index contributed by atoms with van der Waals surface area (Å²) in [6.07, 6.45) is 2.68. The fraction of sp³-hybridized carbons (Fsp3) is 0.625. The van der Waals surface area contributed by atoms with Crippen molar-refractivity contribution in [1.82, 2.24) is 10.2 Å². The Kier molecular flexibility index (Phi) is 5.79. The van der Waals surface area contributed by atoms with E-state index in [4.69, 9.17) is 4.74 Å². The lowest BCUT2D eigenvalue weighted by Gasteiger charge is -2.32. The predicted molar refractivity (Wildman–Crippen MR) is 87.4 cm³/mol. The Morgan fingerprint density at radius 3 is 2.43 bits per heavy atom. The van der Waals surface area contributed by atoms with Gasteiger partial charge in [-0.2, -0.15) is 0 Å². The van der Waals surface area contributed by atoms with Crippen LogP contribution >= 0.6 is 0 Å². The molecule has 0 aliphatic carbocycles. The second-order valence-corrected chi connectivity index (χ2v) is 7.51. The summed E-state index contributed by atoms with van der Waals surface area (Å²) in [5, 5.41) is 3.37. The van der Waals surface area contributed by atoms with E-state index in [0.717, 1.165) is 49.8 Å². The summed E-state index contributed by atoms with van der Waals surface area (Å²) in [7, 11) is -0.935. The molecule has 0 bridgehead atoms. The molecule has 0 radical (unpaired) electrons. The van der Waals surface area contributed by atoms with Crippen molar-refractivity contribution in [2.24, 2.45) is 0 Å². The van der Waals surface area contributed by atoms with Crippen LogP contribution in [0.5, 0.6) is 5.75 Å². The minimum Gasteiger partial charge on any atom is -0.488 e. The molecule has 4 nitrogen and oxygen atoms in total. The third-order valence-electron chi connectivity index (χ3n) is 3.79. The molecule has 0 saturated carbocycles. The van der Waals surface area contributed by atoms with Crippen LogP contribution < -0.4 is 10.1 Å². The van der Waals surface area contributed by atoms with Gasteiger partial charge in [-0.05, 0) is 44.5 Å². The molecule has 1 atom stereocenters. The Morgan fingerprint density at radius 2 is 1.86 bits per heavy atom. The van der Waals surface area contributed by atoms with Gasteiger partial charge in [0.1, 0.15) is 11.4 Å². The van der Waals surface area contributed by atoms with Crippen molar-refractivity contribution < 1.29 is 8.95 Å². The van der Waals surface area contributed by atoms with Crippen molar-refractivity contribution in [2.75, 3.05) is 39.0 Å². The van der Waals surface area contributed by atoms with Gasteiger partial charge >= 0.3 is 0 Å². The van der Waals surface area contributed by atoms with E-state index in [1.165, 1.54) is 0 Å². The monoisotopic (exact) mass is 310 g/mol. The zero-order valence-corrected chi connectivity index (χ0v) is 14.0. The van der Waals surface area contributed by atoms with E-state index in [1.807, 2.05) is 24.3 Å². The molecule has 1 aliphatic rings. The molecule has 21 heavy (non-hydrogen) atoms. The Morgan fingerprint density at radius 1 is 1.24 bits per heavy atom. The van der Waals surface area contributed by atoms with Gasteiger partial charge in [-0.15, -0.1) is 0 Å². The number of hydrogen-bond donors (Lipinski definition) is 1. The van der Waals surface area contributed by atoms with E-state index < -0.39 is 10.8 Å². The summed E-state index contributed by atoms with van der Waals surface area (Å²) >= 11 is 0. The molecule has 1 unspecified atom stereocenters. The van der Waals surface area contributed by atoms with Crippen LogP contribution in [0.15, 0.2) is 29.2 Å². The molecule has 2 rings (SSSR count). The topological polar surface area (TPSA) is 41.6 Å². The Bertz CT molecular complexity index is 468. The molecule has 1 saturated heterocycles. The van der Waals surface area contributed by atoms with E-state index in [0.29, 0.717) is 0 Å². The highest BCUT2D eigenvalue weighted by Crippen LogP contribution is 2.22. The minimum absolute atomic E-state index is 0.197. The smallest absolute Gasteiger partial charge is 0.120 e. The SMILES string of the molecule is CS(=O)c1ccc(OC(C)(C)CCN2CCNCC2)cc1. The molecule has 1 heterocycles. The highest BCUT2D eigenvalue weighted by molar-refractivity contribution is 7.84. The quantitative estimate of drug-likeness (QED) is 0.871. The molecule has 1 fully saturated rings. The van der Waals surface area contributed by atoms with E-state index in [-0.39, 0.29) is 5.60 Å². The van der Waals surface area contributed by atoms with E-state index in [1.54, 1.807) is 6.26 Å². The van der Waals surface area contributed by atoms with Crippen molar-refractivity contribution in [3.8, 4) is 5.75 Å². The normalized spacial score (nSPS) is 18.4. The average Bonchev–Trinajstić information content (AvgIpc) is 2.46. The van der Waals surface area contributed by atoms with Crippen LogP contribution in [0.4, 0.5) is 0 Å². The maximum Gasteiger partial charge on any atom is 0.120 e. The zero-order chi connectivity index (χ0) is 15.3. The molecular formula is C16H26N2O2S. The maximum absolute atomic E-state index is 11.4. The third-order valence-corrected chi connectivity index (χ3v) is 4.73. The van der Waals surface area contributed by atoms with Crippen LogP contribution in [0.2, 0.25) is 0 Å². The number of piperazine rings is 1. The van der Waals surface area contributed by atoms with Gasteiger partial charge in [0.2, 0.25) is 0 Å². The van der Waals surface area contributed by atoms with Crippen molar-refractivity contribution in [2.45, 2.75) is 30.8 Å². The van der Waals surface area contributed by atoms with Crippen LogP contribution in [0, 0.1) is 0 Å². The fourth-order valence-electron chi connectivity index (χ4n) is 2.43. The Labute approximate surface area is 130 Å². The third kappa shape index (κ3) is 5.41. The predicted octanol–water partition coefficient (Wildman–Crippen LogP) is 1.88. The van der Waals surface area contributed by atoms with Crippen molar-refractivity contribution in [3.05, 3.63) is 24.3 Å². The van der Waals surface area contributed by atoms with Gasteiger partial charge in [0.05, 0.1) is 0 Å². The van der Waals surface area contributed by atoms with E-state index in [9.17, 15) is 4.21 Å². The van der Waals surface area contributed by atoms with Crippen molar-refractivity contribution in [1.29, 1.82) is 0 Å². The van der Waals surface area contributed by atoms with E-state index >= 15 is 0 Å². The average molecular weight is 310 g/mol. The van der Waals surface area contributed by atoms with Crippen LogP contribution in [0.3, 0.4) is 0 Å². The molecule has 1 aromatic rings. The standard InChI is InChI=1S/C16H26N2O2S/c1-16(2,8-11-18-12-9-17-10-13-18)20-14-4-6-15(7-5-14)21(3)19/h4-7,17H,8-13H2,1-3H3. The minimum atomic E-state index is -0.935. The Balaban J connectivity index is 1.85. The summed E-state index contributed by atoms with van der Waals surface area (Å²) in [4.78, 5) is 3.31. The molecule has 0 amide bonds. The molecule has 1 N–H and O–H groups in total. The van der Waals surface area contributed by atoms with Crippen LogP contribution in [0.1, 0.15) is 20.3 Å². The zero-order valence-electron chi connectivity index (χ0n) is 13.2. The summed E-state index contributed by atoms with van der Waals surface area (Å²) in [5.74, 6) is 0.842. The van der Waals surface area contributed by atoms with Crippen molar-refractivity contribution in [3.63, 3.8) is 0 Å². The molecule has 1 aliphatic heterocycles. The second kappa shape index (κ2) is 7.38. The number of rotatable bonds is 6. The lowest BCUT2D eigenvalue weighted by Crippen LogP contribution is -2.45. The highest BCUT2D eigenvalue weighted by atomic mass is 32.2. The van der Waals surface area contributed by atoms with Gasteiger partial charge in [0.25, 0.3) is 0 Å². The number of hydrogen-bond acceptors (Lipinski definition) is 4. The van der Waals surface area contributed by atoms with Crippen LogP contribution in [-0.4, -0.2) is 53.7 Å². The van der Waals surface area contributed by atoms with Gasteiger partial charge in [-0.25, -0.2) is 0 Å². The second-order valence-electron chi connectivity index (χ2n) is 6.13. The number of benzene rings is 1. The lowest BCUT2D eigenvalue weighted by atomic mass is 10.0. The van der Waals surface area contributed by atoms with Crippen LogP contribution in [0.25, 0.3) is 0 Å². The first-order valence-electron chi connectivity index (χ1n) is 7.52. The molecule has 118 valence electrons. The highest BCUT2D eigenvalue weighted by Gasteiger charge is 2.22. The number of nitrogens with one attached hydrogen (secondary N) is 1. The van der Waals surface area contributed by atoms with Crippen LogP contribution in [-0.2, 0) is 10.8 Å². The molecule has 0 spiro atoms. The summed E-state index contributed by atoms with van der Waals surface area (Å²) < 4.78 is 17.5. The first-order valence-corrected chi connectivity index (χ1v) is 9.08.